The molecule has 0 unspecified atom stereocenters. The molecule has 0 aliphatic rings. The van der Waals surface area contributed by atoms with Gasteiger partial charge in [-0.2, -0.15) is 13.2 Å². The van der Waals surface area contributed by atoms with Crippen LogP contribution in [-0.2, 0) is 12.7 Å². The minimum atomic E-state index is -4.38. The fourth-order valence-electron chi connectivity index (χ4n) is 2.02. The molecule has 6 heteroatoms. The van der Waals surface area contributed by atoms with Crippen LogP contribution in [0.1, 0.15) is 11.1 Å². The lowest BCUT2D eigenvalue weighted by atomic mass is 10.1. The molecule has 0 fully saturated rings. The molecule has 0 bridgehead atoms. The van der Waals surface area contributed by atoms with Gasteiger partial charge in [-0.1, -0.05) is 24.3 Å². The van der Waals surface area contributed by atoms with Crippen molar-refractivity contribution in [1.82, 2.24) is 0 Å². The monoisotopic (exact) mass is 296 g/mol. The highest BCUT2D eigenvalue weighted by Crippen LogP contribution is 2.33. The largest absolute Gasteiger partial charge is 0.495 e. The quantitative estimate of drug-likeness (QED) is 0.841. The van der Waals surface area contributed by atoms with E-state index < -0.39 is 11.7 Å². The lowest BCUT2D eigenvalue weighted by Crippen LogP contribution is -2.12. The molecular formula is C15H15F3N2O. The highest BCUT2D eigenvalue weighted by molar-refractivity contribution is 5.72. The molecule has 0 aromatic heterocycles. The molecule has 0 saturated carbocycles. The van der Waals surface area contributed by atoms with Crippen LogP contribution in [0.4, 0.5) is 24.5 Å². The molecule has 0 saturated heterocycles. The van der Waals surface area contributed by atoms with E-state index >= 15 is 0 Å². The van der Waals surface area contributed by atoms with Crippen LogP contribution in [0, 0.1) is 0 Å². The van der Waals surface area contributed by atoms with Gasteiger partial charge in [0.15, 0.2) is 0 Å². The van der Waals surface area contributed by atoms with Crippen molar-refractivity contribution in [1.29, 1.82) is 0 Å². The molecule has 0 amide bonds. The Hall–Kier alpha value is -2.37. The third-order valence-electron chi connectivity index (χ3n) is 3.08. The van der Waals surface area contributed by atoms with Crippen molar-refractivity contribution in [3.05, 3.63) is 53.6 Å². The van der Waals surface area contributed by atoms with E-state index in [0.717, 1.165) is 6.07 Å². The van der Waals surface area contributed by atoms with Gasteiger partial charge in [0.05, 0.1) is 24.0 Å². The van der Waals surface area contributed by atoms with Crippen LogP contribution in [0.5, 0.6) is 5.75 Å². The number of nitrogens with two attached hydrogens (primary N) is 1. The van der Waals surface area contributed by atoms with Gasteiger partial charge in [0.2, 0.25) is 0 Å². The molecule has 2 aromatic rings. The van der Waals surface area contributed by atoms with Crippen molar-refractivity contribution in [2.45, 2.75) is 12.7 Å². The molecule has 0 radical (unpaired) electrons. The number of hydrogen-bond donors (Lipinski definition) is 2. The second kappa shape index (κ2) is 5.95. The number of alkyl halides is 3. The van der Waals surface area contributed by atoms with E-state index in [1.165, 1.54) is 19.2 Å². The van der Waals surface area contributed by atoms with Crippen molar-refractivity contribution in [3.8, 4) is 5.75 Å². The van der Waals surface area contributed by atoms with Gasteiger partial charge in [-0.05, 0) is 23.8 Å². The van der Waals surface area contributed by atoms with Crippen LogP contribution < -0.4 is 15.8 Å². The van der Waals surface area contributed by atoms with Crippen LogP contribution in [-0.4, -0.2) is 7.11 Å². The van der Waals surface area contributed by atoms with Crippen molar-refractivity contribution in [2.75, 3.05) is 18.2 Å². The summed E-state index contributed by atoms with van der Waals surface area (Å²) in [7, 11) is 1.48. The maximum Gasteiger partial charge on any atom is 0.416 e. The van der Waals surface area contributed by atoms with Gasteiger partial charge in [-0.25, -0.2) is 0 Å². The first-order chi connectivity index (χ1) is 9.93. The summed E-state index contributed by atoms with van der Waals surface area (Å²) in [5.74, 6) is 0.476. The normalized spacial score (nSPS) is 11.2. The Morgan fingerprint density at radius 1 is 1.10 bits per heavy atom. The van der Waals surface area contributed by atoms with Crippen LogP contribution in [0.3, 0.4) is 0 Å². The number of nitrogen functional groups attached to an aromatic ring is 1. The number of halogens is 3. The summed E-state index contributed by atoms with van der Waals surface area (Å²) in [6.07, 6.45) is -4.38. The smallest absolute Gasteiger partial charge is 0.416 e. The van der Waals surface area contributed by atoms with E-state index in [4.69, 9.17) is 10.5 Å². The average molecular weight is 296 g/mol. The number of rotatable bonds is 4. The van der Waals surface area contributed by atoms with E-state index in [-0.39, 0.29) is 12.1 Å². The molecule has 3 N–H and O–H groups in total. The SMILES string of the molecule is COc1cccc(NCc2ccccc2C(F)(F)F)c1N. The number of nitrogens with one attached hydrogen (secondary N) is 1. The summed E-state index contributed by atoms with van der Waals surface area (Å²) >= 11 is 0. The molecule has 0 aliphatic carbocycles. The minimum Gasteiger partial charge on any atom is -0.495 e. The Kier molecular flexibility index (Phi) is 4.26. The Morgan fingerprint density at radius 2 is 1.81 bits per heavy atom. The Labute approximate surface area is 120 Å². The van der Waals surface area contributed by atoms with Gasteiger partial charge >= 0.3 is 6.18 Å². The Bertz CT molecular complexity index is 627. The standard InChI is InChI=1S/C15H15F3N2O/c1-21-13-8-4-7-12(14(13)19)20-9-10-5-2-3-6-11(10)15(16,17)18/h2-8,20H,9,19H2,1H3. The van der Waals surface area contributed by atoms with Crippen molar-refractivity contribution < 1.29 is 17.9 Å². The lowest BCUT2D eigenvalue weighted by molar-refractivity contribution is -0.138. The topological polar surface area (TPSA) is 47.3 Å². The predicted molar refractivity (Wildman–Crippen MR) is 76.2 cm³/mol. The second-order valence-electron chi connectivity index (χ2n) is 4.43. The van der Waals surface area contributed by atoms with E-state index in [1.807, 2.05) is 0 Å². The van der Waals surface area contributed by atoms with Gasteiger partial charge in [0, 0.05) is 6.54 Å². The van der Waals surface area contributed by atoms with E-state index in [9.17, 15) is 13.2 Å². The van der Waals surface area contributed by atoms with Gasteiger partial charge in [-0.3, -0.25) is 0 Å². The summed E-state index contributed by atoms with van der Waals surface area (Å²) < 4.78 is 43.8. The summed E-state index contributed by atoms with van der Waals surface area (Å²) in [5, 5.41) is 2.91. The van der Waals surface area contributed by atoms with E-state index in [1.54, 1.807) is 24.3 Å². The predicted octanol–water partition coefficient (Wildman–Crippen LogP) is 3.91. The van der Waals surface area contributed by atoms with Gasteiger partial charge in [-0.15, -0.1) is 0 Å². The highest BCUT2D eigenvalue weighted by Gasteiger charge is 2.32. The molecule has 0 heterocycles. The zero-order valence-corrected chi connectivity index (χ0v) is 11.4. The van der Waals surface area contributed by atoms with Crippen molar-refractivity contribution in [3.63, 3.8) is 0 Å². The average Bonchev–Trinajstić information content (AvgIpc) is 2.45. The van der Waals surface area contributed by atoms with Crippen LogP contribution in [0.15, 0.2) is 42.5 Å². The van der Waals surface area contributed by atoms with E-state index in [0.29, 0.717) is 17.1 Å². The third-order valence-corrected chi connectivity index (χ3v) is 3.08. The van der Waals surface area contributed by atoms with Gasteiger partial charge < -0.3 is 15.8 Å². The number of para-hydroxylation sites is 1. The fraction of sp³-hybridized carbons (Fsp3) is 0.200. The molecule has 21 heavy (non-hydrogen) atoms. The fourth-order valence-corrected chi connectivity index (χ4v) is 2.02. The lowest BCUT2D eigenvalue weighted by Gasteiger charge is -2.15. The maximum absolute atomic E-state index is 12.9. The maximum atomic E-state index is 12.9. The summed E-state index contributed by atoms with van der Waals surface area (Å²) in [5.41, 5.74) is 6.28. The molecular weight excluding hydrogens is 281 g/mol. The minimum absolute atomic E-state index is 0.0209. The summed E-state index contributed by atoms with van der Waals surface area (Å²) in [4.78, 5) is 0. The molecule has 2 rings (SSSR count). The number of anilines is 2. The molecule has 0 atom stereocenters. The second-order valence-corrected chi connectivity index (χ2v) is 4.43. The number of hydrogen-bond acceptors (Lipinski definition) is 3. The number of methoxy groups -OCH3 is 1. The third kappa shape index (κ3) is 3.39. The Morgan fingerprint density at radius 3 is 2.48 bits per heavy atom. The first-order valence-electron chi connectivity index (χ1n) is 6.25. The van der Waals surface area contributed by atoms with Crippen LogP contribution >= 0.6 is 0 Å². The Balaban J connectivity index is 2.22. The van der Waals surface area contributed by atoms with Crippen molar-refractivity contribution in [2.24, 2.45) is 0 Å². The molecule has 0 aliphatic heterocycles. The van der Waals surface area contributed by atoms with Gasteiger partial charge in [0.25, 0.3) is 0 Å². The highest BCUT2D eigenvalue weighted by atomic mass is 19.4. The van der Waals surface area contributed by atoms with E-state index in [2.05, 4.69) is 5.32 Å². The molecule has 2 aromatic carbocycles. The zero-order valence-electron chi connectivity index (χ0n) is 11.4. The first-order valence-corrected chi connectivity index (χ1v) is 6.25. The molecule has 3 nitrogen and oxygen atoms in total. The van der Waals surface area contributed by atoms with Crippen molar-refractivity contribution >= 4 is 11.4 Å². The van der Waals surface area contributed by atoms with Crippen LogP contribution in [0.25, 0.3) is 0 Å². The summed E-state index contributed by atoms with van der Waals surface area (Å²) in [6, 6.07) is 10.5. The number of benzene rings is 2. The zero-order chi connectivity index (χ0) is 15.5. The molecule has 0 spiro atoms. The summed E-state index contributed by atoms with van der Waals surface area (Å²) in [6.45, 7) is 0.0209. The first kappa shape index (κ1) is 15.0. The molecule has 112 valence electrons. The van der Waals surface area contributed by atoms with Gasteiger partial charge in [0.1, 0.15) is 5.75 Å². The number of ether oxygens (including phenoxy) is 1. The van der Waals surface area contributed by atoms with Crippen LogP contribution in [0.2, 0.25) is 0 Å².